The van der Waals surface area contributed by atoms with Gasteiger partial charge in [-0.3, -0.25) is 14.9 Å². The molecule has 0 spiro atoms. The van der Waals surface area contributed by atoms with Gasteiger partial charge in [0, 0.05) is 31.1 Å². The summed E-state index contributed by atoms with van der Waals surface area (Å²) in [5.41, 5.74) is 1.07. The van der Waals surface area contributed by atoms with Crippen molar-refractivity contribution in [1.82, 2.24) is 16.0 Å². The molecule has 0 radical (unpaired) electrons. The number of carbonyl (C=O) groups excluding carboxylic acids is 2. The highest BCUT2D eigenvalue weighted by atomic mass is 32.2. The molecule has 1 saturated heterocycles. The molecule has 5 nitrogen and oxygen atoms in total. The average molecular weight is 293 g/mol. The zero-order chi connectivity index (χ0) is 14.2. The first-order valence-electron chi connectivity index (χ1n) is 6.65. The van der Waals surface area contributed by atoms with Crippen molar-refractivity contribution in [3.63, 3.8) is 0 Å². The molecule has 108 valence electrons. The largest absolute Gasteiger partial charge is 0.354 e. The molecule has 0 bridgehead atoms. The Morgan fingerprint density at radius 3 is 2.75 bits per heavy atom. The van der Waals surface area contributed by atoms with Crippen LogP contribution in [0.2, 0.25) is 0 Å². The summed E-state index contributed by atoms with van der Waals surface area (Å²) in [6.45, 7) is 0.900. The molecule has 20 heavy (non-hydrogen) atoms. The van der Waals surface area contributed by atoms with Gasteiger partial charge in [0.15, 0.2) is 0 Å². The number of nitrogens with one attached hydrogen (secondary N) is 3. The van der Waals surface area contributed by atoms with Gasteiger partial charge in [0.05, 0.1) is 6.04 Å². The van der Waals surface area contributed by atoms with Crippen LogP contribution in [0.4, 0.5) is 0 Å². The molecule has 2 amide bonds. The van der Waals surface area contributed by atoms with Crippen molar-refractivity contribution in [2.75, 3.05) is 18.2 Å². The summed E-state index contributed by atoms with van der Waals surface area (Å²) in [7, 11) is 0. The third kappa shape index (κ3) is 4.86. The fourth-order valence-electron chi connectivity index (χ4n) is 1.87. The molecule has 1 heterocycles. The third-order valence-electron chi connectivity index (χ3n) is 3.02. The van der Waals surface area contributed by atoms with Crippen LogP contribution in [0.25, 0.3) is 0 Å². The van der Waals surface area contributed by atoms with Crippen molar-refractivity contribution in [2.45, 2.75) is 19.0 Å². The first kappa shape index (κ1) is 14.9. The minimum absolute atomic E-state index is 0.0224. The van der Waals surface area contributed by atoms with E-state index in [2.05, 4.69) is 16.0 Å². The predicted octanol–water partition coefficient (Wildman–Crippen LogP) is 0.472. The Bertz CT molecular complexity index is 447. The molecule has 1 aromatic rings. The Labute approximate surface area is 122 Å². The molecule has 0 saturated carbocycles. The number of thioether (sulfide) groups is 1. The van der Waals surface area contributed by atoms with Gasteiger partial charge in [0.25, 0.3) is 0 Å². The second-order valence-corrected chi connectivity index (χ2v) is 5.61. The molecule has 0 aromatic heterocycles. The highest BCUT2D eigenvalue weighted by molar-refractivity contribution is 7.99. The van der Waals surface area contributed by atoms with E-state index in [-0.39, 0.29) is 17.9 Å². The molecule has 1 aromatic carbocycles. The number of amides is 2. The quantitative estimate of drug-likeness (QED) is 0.713. The van der Waals surface area contributed by atoms with Gasteiger partial charge in [-0.1, -0.05) is 30.3 Å². The highest BCUT2D eigenvalue weighted by Gasteiger charge is 2.21. The van der Waals surface area contributed by atoms with E-state index in [9.17, 15) is 9.59 Å². The van der Waals surface area contributed by atoms with Crippen LogP contribution >= 0.6 is 11.8 Å². The number of carbonyl (C=O) groups is 2. The molecule has 1 aliphatic heterocycles. The van der Waals surface area contributed by atoms with Gasteiger partial charge in [-0.05, 0) is 5.56 Å². The van der Waals surface area contributed by atoms with Gasteiger partial charge < -0.3 is 10.6 Å². The summed E-state index contributed by atoms with van der Waals surface area (Å²) >= 11 is 1.70. The average Bonchev–Trinajstić information content (AvgIpc) is 3.00. The first-order chi connectivity index (χ1) is 9.75. The van der Waals surface area contributed by atoms with Crippen LogP contribution in [0.5, 0.6) is 0 Å². The van der Waals surface area contributed by atoms with E-state index in [0.717, 1.165) is 17.2 Å². The first-order valence-corrected chi connectivity index (χ1v) is 7.80. The number of hydrogen-bond donors (Lipinski definition) is 3. The lowest BCUT2D eigenvalue weighted by Gasteiger charge is -2.10. The van der Waals surface area contributed by atoms with Crippen LogP contribution < -0.4 is 16.0 Å². The van der Waals surface area contributed by atoms with Gasteiger partial charge in [0.1, 0.15) is 0 Å². The van der Waals surface area contributed by atoms with Crippen molar-refractivity contribution in [3.05, 3.63) is 35.9 Å². The molecular weight excluding hydrogens is 274 g/mol. The van der Waals surface area contributed by atoms with E-state index < -0.39 is 0 Å². The second-order valence-electron chi connectivity index (χ2n) is 4.58. The molecule has 6 heteroatoms. The Morgan fingerprint density at radius 2 is 2.05 bits per heavy atom. The van der Waals surface area contributed by atoms with Gasteiger partial charge in [0.2, 0.25) is 11.8 Å². The molecule has 2 rings (SSSR count). The van der Waals surface area contributed by atoms with E-state index >= 15 is 0 Å². The fourth-order valence-corrected chi connectivity index (χ4v) is 2.81. The van der Waals surface area contributed by atoms with Gasteiger partial charge in [-0.25, -0.2) is 0 Å². The van der Waals surface area contributed by atoms with Gasteiger partial charge in [-0.2, -0.15) is 0 Å². The monoisotopic (exact) mass is 293 g/mol. The zero-order valence-electron chi connectivity index (χ0n) is 11.2. The maximum absolute atomic E-state index is 11.7. The Kier molecular flexibility index (Phi) is 5.88. The van der Waals surface area contributed by atoms with E-state index in [1.807, 2.05) is 30.3 Å². The third-order valence-corrected chi connectivity index (χ3v) is 3.96. The number of rotatable bonds is 6. The highest BCUT2D eigenvalue weighted by Crippen LogP contribution is 2.09. The molecular formula is C14H19N3O2S. The summed E-state index contributed by atoms with van der Waals surface area (Å²) in [6, 6.07) is 9.63. The van der Waals surface area contributed by atoms with Crippen LogP contribution in [0, 0.1) is 0 Å². The van der Waals surface area contributed by atoms with Crippen molar-refractivity contribution in [2.24, 2.45) is 0 Å². The van der Waals surface area contributed by atoms with E-state index in [1.54, 1.807) is 11.8 Å². The number of benzene rings is 1. The summed E-state index contributed by atoms with van der Waals surface area (Å²) in [5, 5.41) is 8.70. The maximum Gasteiger partial charge on any atom is 0.238 e. The van der Waals surface area contributed by atoms with Crippen molar-refractivity contribution in [1.29, 1.82) is 0 Å². The van der Waals surface area contributed by atoms with Crippen LogP contribution in [-0.4, -0.2) is 36.0 Å². The lowest BCUT2D eigenvalue weighted by Crippen LogP contribution is -2.43. The molecule has 1 atom stereocenters. The Morgan fingerprint density at radius 1 is 1.25 bits per heavy atom. The van der Waals surface area contributed by atoms with Crippen molar-refractivity contribution >= 4 is 23.6 Å². The van der Waals surface area contributed by atoms with Crippen LogP contribution in [0.1, 0.15) is 12.0 Å². The van der Waals surface area contributed by atoms with E-state index in [4.69, 9.17) is 0 Å². The minimum Gasteiger partial charge on any atom is -0.354 e. The fraction of sp³-hybridized carbons (Fsp3) is 0.429. The molecule has 1 aliphatic rings. The normalized spacial score (nSPS) is 17.7. The zero-order valence-corrected chi connectivity index (χ0v) is 12.0. The van der Waals surface area contributed by atoms with Crippen LogP contribution in [-0.2, 0) is 16.1 Å². The van der Waals surface area contributed by atoms with Crippen LogP contribution in [0.15, 0.2) is 30.3 Å². The van der Waals surface area contributed by atoms with Crippen molar-refractivity contribution < 1.29 is 9.59 Å². The van der Waals surface area contributed by atoms with Gasteiger partial charge >= 0.3 is 0 Å². The topological polar surface area (TPSA) is 70.2 Å². The lowest BCUT2D eigenvalue weighted by molar-refractivity contribution is -0.123. The maximum atomic E-state index is 11.7. The molecule has 0 aliphatic carbocycles. The van der Waals surface area contributed by atoms with Crippen molar-refractivity contribution in [3.8, 4) is 0 Å². The summed E-state index contributed by atoms with van der Waals surface area (Å²) in [6.07, 6.45) is 0.304. The minimum atomic E-state index is -0.118. The standard InChI is InChI=1S/C14H19N3O2S/c18-13(16-8-11-4-2-1-3-5-11)6-7-15-14(19)12-9-20-10-17-12/h1-5,12,17H,6-10H2,(H,15,19)(H,16,18). The SMILES string of the molecule is O=C(CCNC(=O)C1CSCN1)NCc1ccccc1. The predicted molar refractivity (Wildman–Crippen MR) is 80.2 cm³/mol. The lowest BCUT2D eigenvalue weighted by atomic mass is 10.2. The molecule has 3 N–H and O–H groups in total. The Balaban J connectivity index is 1.59. The van der Waals surface area contributed by atoms with Crippen LogP contribution in [0.3, 0.4) is 0 Å². The number of hydrogen-bond acceptors (Lipinski definition) is 4. The summed E-state index contributed by atoms with van der Waals surface area (Å²) in [5.74, 6) is 1.54. The summed E-state index contributed by atoms with van der Waals surface area (Å²) in [4.78, 5) is 23.3. The van der Waals surface area contributed by atoms with E-state index in [0.29, 0.717) is 19.5 Å². The summed E-state index contributed by atoms with van der Waals surface area (Å²) < 4.78 is 0. The second kappa shape index (κ2) is 7.91. The smallest absolute Gasteiger partial charge is 0.238 e. The molecule has 1 unspecified atom stereocenters. The molecule has 1 fully saturated rings. The Hall–Kier alpha value is -1.53. The van der Waals surface area contributed by atoms with E-state index in [1.165, 1.54) is 0 Å². The van der Waals surface area contributed by atoms with Gasteiger partial charge in [-0.15, -0.1) is 11.8 Å².